The van der Waals surface area contributed by atoms with Crippen molar-refractivity contribution in [2.24, 2.45) is 0 Å². The van der Waals surface area contributed by atoms with Crippen LogP contribution in [0.5, 0.6) is 11.5 Å². The molecular formula is C22H32N2O8. The van der Waals surface area contributed by atoms with E-state index in [4.69, 9.17) is 14.2 Å². The molecule has 0 aromatic heterocycles. The molecular weight excluding hydrogens is 420 g/mol. The van der Waals surface area contributed by atoms with E-state index in [1.165, 1.54) is 24.1 Å². The first-order chi connectivity index (χ1) is 15.4. The topological polar surface area (TPSA) is 128 Å². The van der Waals surface area contributed by atoms with Crippen LogP contribution in [0.3, 0.4) is 0 Å². The van der Waals surface area contributed by atoms with E-state index >= 15 is 0 Å². The number of aliphatic hydroxyl groups is 1. The van der Waals surface area contributed by atoms with Crippen molar-refractivity contribution in [2.45, 2.75) is 57.9 Å². The van der Waals surface area contributed by atoms with E-state index in [0.29, 0.717) is 38.8 Å². The minimum absolute atomic E-state index is 0.0889. The number of aliphatic hydroxyl groups excluding tert-OH is 1. The van der Waals surface area contributed by atoms with E-state index in [0.717, 1.165) is 19.3 Å². The van der Waals surface area contributed by atoms with Crippen molar-refractivity contribution in [1.29, 1.82) is 0 Å². The van der Waals surface area contributed by atoms with E-state index in [-0.39, 0.29) is 48.0 Å². The van der Waals surface area contributed by atoms with Crippen LogP contribution in [0.25, 0.3) is 0 Å². The molecule has 0 saturated carbocycles. The van der Waals surface area contributed by atoms with Crippen LogP contribution < -0.4 is 9.47 Å². The molecule has 1 saturated heterocycles. The standard InChI is InChI=1S/C22H32N2O8/c1-3-31-21(26)10-5-4-8-12-32-20-14-18(24(28)29)17(13-19(20)30-2)22(27)23-11-7-6-9-16(23)15-25/h13-14,16,25H,3-12,15H2,1-2H3/t16-/m0/s1. The number of ether oxygens (including phenoxy) is 3. The van der Waals surface area contributed by atoms with Gasteiger partial charge in [0.25, 0.3) is 11.6 Å². The van der Waals surface area contributed by atoms with Gasteiger partial charge in [0.15, 0.2) is 11.5 Å². The first-order valence-corrected chi connectivity index (χ1v) is 11.0. The second kappa shape index (κ2) is 12.8. The van der Waals surface area contributed by atoms with Gasteiger partial charge in [0.2, 0.25) is 0 Å². The van der Waals surface area contributed by atoms with Crippen molar-refractivity contribution in [3.05, 3.63) is 27.8 Å². The van der Waals surface area contributed by atoms with E-state index in [1.54, 1.807) is 6.92 Å². The zero-order valence-electron chi connectivity index (χ0n) is 18.7. The van der Waals surface area contributed by atoms with Gasteiger partial charge in [-0.15, -0.1) is 0 Å². The van der Waals surface area contributed by atoms with Crippen LogP contribution in [0, 0.1) is 10.1 Å². The number of rotatable bonds is 12. The smallest absolute Gasteiger partial charge is 0.305 e. The number of carbonyl (C=O) groups is 2. The molecule has 0 bridgehead atoms. The van der Waals surface area contributed by atoms with Crippen molar-refractivity contribution in [1.82, 2.24) is 4.90 Å². The maximum atomic E-state index is 13.1. The Morgan fingerprint density at radius 2 is 2.00 bits per heavy atom. The van der Waals surface area contributed by atoms with E-state index < -0.39 is 10.8 Å². The number of methoxy groups -OCH3 is 1. The van der Waals surface area contributed by atoms with Crippen LogP contribution in [-0.4, -0.2) is 66.3 Å². The lowest BCUT2D eigenvalue weighted by molar-refractivity contribution is -0.385. The number of hydrogen-bond acceptors (Lipinski definition) is 8. The van der Waals surface area contributed by atoms with Crippen LogP contribution in [-0.2, 0) is 9.53 Å². The van der Waals surface area contributed by atoms with Gasteiger partial charge in [-0.05, 0) is 45.4 Å². The molecule has 10 nitrogen and oxygen atoms in total. The number of likely N-dealkylation sites (tertiary alicyclic amines) is 1. The number of amides is 1. The van der Waals surface area contributed by atoms with Crippen molar-refractivity contribution in [2.75, 3.05) is 33.5 Å². The molecule has 1 heterocycles. The van der Waals surface area contributed by atoms with Gasteiger partial charge in [-0.25, -0.2) is 0 Å². The zero-order valence-corrected chi connectivity index (χ0v) is 18.7. The van der Waals surface area contributed by atoms with Gasteiger partial charge in [0.05, 0.1) is 44.0 Å². The quantitative estimate of drug-likeness (QED) is 0.222. The SMILES string of the molecule is CCOC(=O)CCCCCOc1cc([N+](=O)[O-])c(C(=O)N2CCCC[C@H]2CO)cc1OC. The molecule has 2 rings (SSSR count). The van der Waals surface area contributed by atoms with Gasteiger partial charge in [-0.1, -0.05) is 0 Å². The summed E-state index contributed by atoms with van der Waals surface area (Å²) < 4.78 is 15.9. The third-order valence-electron chi connectivity index (χ3n) is 5.40. The number of piperidine rings is 1. The zero-order chi connectivity index (χ0) is 23.5. The molecule has 1 atom stereocenters. The van der Waals surface area contributed by atoms with Gasteiger partial charge in [-0.2, -0.15) is 0 Å². The lowest BCUT2D eigenvalue weighted by atomic mass is 10.0. The van der Waals surface area contributed by atoms with Crippen molar-refractivity contribution >= 4 is 17.6 Å². The molecule has 1 aromatic rings. The van der Waals surface area contributed by atoms with Crippen molar-refractivity contribution < 1.29 is 33.8 Å². The van der Waals surface area contributed by atoms with Crippen LogP contribution >= 0.6 is 0 Å². The maximum Gasteiger partial charge on any atom is 0.305 e. The summed E-state index contributed by atoms with van der Waals surface area (Å²) in [6, 6.07) is 2.19. The average Bonchev–Trinajstić information content (AvgIpc) is 2.80. The summed E-state index contributed by atoms with van der Waals surface area (Å²) in [7, 11) is 1.40. The third kappa shape index (κ3) is 6.81. The van der Waals surface area contributed by atoms with E-state index in [1.807, 2.05) is 0 Å². The highest BCUT2D eigenvalue weighted by Crippen LogP contribution is 2.36. The van der Waals surface area contributed by atoms with E-state index in [9.17, 15) is 24.8 Å². The summed E-state index contributed by atoms with van der Waals surface area (Å²) in [6.07, 6.45) is 4.71. The first kappa shape index (κ1) is 25.4. The molecule has 1 N–H and O–H groups in total. The Labute approximate surface area is 187 Å². The lowest BCUT2D eigenvalue weighted by Crippen LogP contribution is -2.45. The van der Waals surface area contributed by atoms with Gasteiger partial charge in [-0.3, -0.25) is 19.7 Å². The predicted octanol–water partition coefficient (Wildman–Crippen LogP) is 3.09. The second-order valence-corrected chi connectivity index (χ2v) is 7.57. The molecule has 32 heavy (non-hydrogen) atoms. The summed E-state index contributed by atoms with van der Waals surface area (Å²) in [5, 5.41) is 21.3. The van der Waals surface area contributed by atoms with Gasteiger partial charge >= 0.3 is 5.97 Å². The monoisotopic (exact) mass is 452 g/mol. The Balaban J connectivity index is 2.09. The number of nitrogens with zero attached hydrogens (tertiary/aromatic N) is 2. The van der Waals surface area contributed by atoms with E-state index in [2.05, 4.69) is 0 Å². The minimum atomic E-state index is -0.614. The molecule has 0 radical (unpaired) electrons. The number of nitro groups is 1. The molecule has 0 spiro atoms. The highest BCUT2D eigenvalue weighted by Gasteiger charge is 2.32. The largest absolute Gasteiger partial charge is 0.493 e. The summed E-state index contributed by atoms with van der Waals surface area (Å²) in [5.41, 5.74) is -0.454. The fourth-order valence-corrected chi connectivity index (χ4v) is 3.72. The molecule has 178 valence electrons. The third-order valence-corrected chi connectivity index (χ3v) is 5.40. The van der Waals surface area contributed by atoms with Crippen LogP contribution in [0.2, 0.25) is 0 Å². The predicted molar refractivity (Wildman–Crippen MR) is 116 cm³/mol. The summed E-state index contributed by atoms with van der Waals surface area (Å²) in [6.45, 7) is 2.65. The Hall–Kier alpha value is -2.88. The number of hydrogen-bond donors (Lipinski definition) is 1. The minimum Gasteiger partial charge on any atom is -0.493 e. The van der Waals surface area contributed by atoms with Gasteiger partial charge < -0.3 is 24.2 Å². The first-order valence-electron chi connectivity index (χ1n) is 11.0. The second-order valence-electron chi connectivity index (χ2n) is 7.57. The molecule has 1 aliphatic rings. The number of unbranched alkanes of at least 4 members (excludes halogenated alkanes) is 2. The number of nitro benzene ring substituents is 1. The molecule has 0 aliphatic carbocycles. The lowest BCUT2D eigenvalue weighted by Gasteiger charge is -2.34. The normalized spacial score (nSPS) is 15.8. The Morgan fingerprint density at radius 3 is 2.66 bits per heavy atom. The molecule has 1 fully saturated rings. The highest BCUT2D eigenvalue weighted by atomic mass is 16.6. The average molecular weight is 453 g/mol. The van der Waals surface area contributed by atoms with Gasteiger partial charge in [0, 0.05) is 19.0 Å². The number of esters is 1. The van der Waals surface area contributed by atoms with Crippen LogP contribution in [0.4, 0.5) is 5.69 Å². The molecule has 10 heteroatoms. The van der Waals surface area contributed by atoms with Crippen LogP contribution in [0.1, 0.15) is 62.2 Å². The molecule has 1 aromatic carbocycles. The Bertz CT molecular complexity index is 798. The molecule has 1 aliphatic heterocycles. The fraction of sp³-hybridized carbons (Fsp3) is 0.636. The Morgan fingerprint density at radius 1 is 1.22 bits per heavy atom. The fourth-order valence-electron chi connectivity index (χ4n) is 3.72. The van der Waals surface area contributed by atoms with Crippen LogP contribution in [0.15, 0.2) is 12.1 Å². The maximum absolute atomic E-state index is 13.1. The summed E-state index contributed by atoms with van der Waals surface area (Å²) >= 11 is 0. The molecule has 0 unspecified atom stereocenters. The molecule has 1 amide bonds. The Kier molecular flexibility index (Phi) is 10.2. The highest BCUT2D eigenvalue weighted by molar-refractivity contribution is 5.99. The number of benzene rings is 1. The summed E-state index contributed by atoms with van der Waals surface area (Å²) in [4.78, 5) is 37.0. The summed E-state index contributed by atoms with van der Waals surface area (Å²) in [5.74, 6) is -0.330. The number of carbonyl (C=O) groups excluding carboxylic acids is 2. The van der Waals surface area contributed by atoms with Crippen molar-refractivity contribution in [3.63, 3.8) is 0 Å². The van der Waals surface area contributed by atoms with Gasteiger partial charge in [0.1, 0.15) is 5.56 Å². The van der Waals surface area contributed by atoms with Crippen molar-refractivity contribution in [3.8, 4) is 11.5 Å².